The summed E-state index contributed by atoms with van der Waals surface area (Å²) in [6, 6.07) is 15.2. The molecule has 35 heavy (non-hydrogen) atoms. The van der Waals surface area contributed by atoms with Gasteiger partial charge in [-0.25, -0.2) is 0 Å². The number of furan rings is 1. The highest BCUT2D eigenvalue weighted by atomic mass is 16.3. The van der Waals surface area contributed by atoms with E-state index in [1.807, 2.05) is 36.5 Å². The highest BCUT2D eigenvalue weighted by Gasteiger charge is 2.48. The van der Waals surface area contributed by atoms with Crippen LogP contribution < -0.4 is 0 Å². The van der Waals surface area contributed by atoms with E-state index in [1.54, 1.807) is 12.1 Å². The fraction of sp³-hybridized carbons (Fsp3) is 0.485. The SMILES string of the molecule is [2H]C([2H])([2H])c1ccc2c(c1)oc1c(-c3cc(C4([2H])CCC5(CC4)CC(C)(C)CC(C)(C)C5)ccn3)cccc12. The Morgan fingerprint density at radius 1 is 0.914 bits per heavy atom. The highest BCUT2D eigenvalue weighted by Crippen LogP contribution is 2.60. The van der Waals surface area contributed by atoms with Gasteiger partial charge in [0.15, 0.2) is 0 Å². The molecule has 0 unspecified atom stereocenters. The van der Waals surface area contributed by atoms with E-state index in [9.17, 15) is 1.37 Å². The molecule has 0 saturated heterocycles. The lowest BCUT2D eigenvalue weighted by Crippen LogP contribution is -2.43. The summed E-state index contributed by atoms with van der Waals surface area (Å²) in [5, 5.41) is 1.83. The predicted molar refractivity (Wildman–Crippen MR) is 147 cm³/mol. The van der Waals surface area contributed by atoms with Crippen molar-refractivity contribution in [3.8, 4) is 11.3 Å². The summed E-state index contributed by atoms with van der Waals surface area (Å²) in [4.78, 5) is 4.70. The molecule has 2 heteroatoms. The molecule has 0 bridgehead atoms. The van der Waals surface area contributed by atoms with Crippen molar-refractivity contribution in [2.75, 3.05) is 0 Å². The number of hydrogen-bond acceptors (Lipinski definition) is 2. The first-order valence-corrected chi connectivity index (χ1v) is 13.1. The second-order valence-corrected chi connectivity index (χ2v) is 12.9. The zero-order valence-corrected chi connectivity index (χ0v) is 21.5. The maximum Gasteiger partial charge on any atom is 0.144 e. The number of pyridine rings is 1. The molecule has 0 amide bonds. The fourth-order valence-corrected chi connectivity index (χ4v) is 8.04. The van der Waals surface area contributed by atoms with Crippen LogP contribution in [-0.4, -0.2) is 4.98 Å². The van der Waals surface area contributed by atoms with Gasteiger partial charge in [0.2, 0.25) is 0 Å². The van der Waals surface area contributed by atoms with E-state index < -0.39 is 12.7 Å². The number of para-hydroxylation sites is 1. The zero-order chi connectivity index (χ0) is 27.8. The highest BCUT2D eigenvalue weighted by molar-refractivity contribution is 6.09. The summed E-state index contributed by atoms with van der Waals surface area (Å²) in [5.41, 5.74) is 5.27. The Bertz CT molecular complexity index is 1540. The number of rotatable bonds is 2. The van der Waals surface area contributed by atoms with E-state index in [0.717, 1.165) is 53.3 Å². The molecule has 0 radical (unpaired) electrons. The van der Waals surface area contributed by atoms with Crippen molar-refractivity contribution in [3.63, 3.8) is 0 Å². The maximum atomic E-state index is 9.55. The standard InChI is InChI=1S/C33H39NO/c1-22-9-10-25-26-7-6-8-27(30(26)35-29(25)17-22)28-18-24(13-16-34-28)23-11-14-33(15-12-23)20-31(2,3)19-32(4,5)21-33/h6-10,13,16-18,23H,11-12,14-15,19-21H2,1-5H3/i1D3,23D. The van der Waals surface area contributed by atoms with Gasteiger partial charge in [-0.1, -0.05) is 52.0 Å². The van der Waals surface area contributed by atoms with E-state index in [0.29, 0.717) is 27.4 Å². The van der Waals surface area contributed by atoms with Gasteiger partial charge in [-0.2, -0.15) is 0 Å². The molecule has 2 fully saturated rings. The second kappa shape index (κ2) is 7.95. The molecule has 0 N–H and O–H groups in total. The minimum absolute atomic E-state index is 0.270. The monoisotopic (exact) mass is 469 g/mol. The Morgan fingerprint density at radius 2 is 1.69 bits per heavy atom. The number of benzene rings is 2. The van der Waals surface area contributed by atoms with Crippen molar-refractivity contribution in [1.29, 1.82) is 0 Å². The molecule has 0 atom stereocenters. The van der Waals surface area contributed by atoms with Gasteiger partial charge in [-0.05, 0) is 109 Å². The van der Waals surface area contributed by atoms with Gasteiger partial charge >= 0.3 is 0 Å². The van der Waals surface area contributed by atoms with Crippen LogP contribution in [0.1, 0.15) is 95.1 Å². The molecular formula is C33H39NO. The fourth-order valence-electron chi connectivity index (χ4n) is 8.04. The molecule has 1 spiro atoms. The molecule has 2 aliphatic rings. The second-order valence-electron chi connectivity index (χ2n) is 12.9. The van der Waals surface area contributed by atoms with E-state index in [2.05, 4.69) is 33.8 Å². The molecule has 2 aliphatic carbocycles. The molecule has 2 aromatic heterocycles. The van der Waals surface area contributed by atoms with Gasteiger partial charge in [0.1, 0.15) is 11.2 Å². The summed E-state index contributed by atoms with van der Waals surface area (Å²) in [7, 11) is 0. The van der Waals surface area contributed by atoms with Crippen molar-refractivity contribution in [1.82, 2.24) is 4.98 Å². The van der Waals surface area contributed by atoms with Gasteiger partial charge < -0.3 is 4.42 Å². The van der Waals surface area contributed by atoms with Crippen LogP contribution >= 0.6 is 0 Å². The average molecular weight is 470 g/mol. The molecule has 4 aromatic rings. The van der Waals surface area contributed by atoms with E-state index in [1.165, 1.54) is 19.3 Å². The molecule has 2 heterocycles. The topological polar surface area (TPSA) is 26.0 Å². The van der Waals surface area contributed by atoms with E-state index in [4.69, 9.17) is 13.5 Å². The Hall–Kier alpha value is -2.61. The summed E-state index contributed by atoms with van der Waals surface area (Å²) >= 11 is 0. The number of aromatic nitrogens is 1. The summed E-state index contributed by atoms with van der Waals surface area (Å²) in [6.07, 6.45) is 9.57. The van der Waals surface area contributed by atoms with Crippen LogP contribution in [0.5, 0.6) is 0 Å². The largest absolute Gasteiger partial charge is 0.455 e. The number of aryl methyl sites for hydroxylation is 1. The van der Waals surface area contributed by atoms with Gasteiger partial charge in [-0.15, -0.1) is 0 Å². The molecule has 6 rings (SSSR count). The van der Waals surface area contributed by atoms with Crippen molar-refractivity contribution in [2.45, 2.75) is 85.4 Å². The zero-order valence-electron chi connectivity index (χ0n) is 25.5. The third-order valence-corrected chi connectivity index (χ3v) is 8.52. The third-order valence-electron chi connectivity index (χ3n) is 8.52. The molecule has 2 nitrogen and oxygen atoms in total. The number of fused-ring (bicyclic) bond motifs is 3. The van der Waals surface area contributed by atoms with Crippen LogP contribution in [-0.2, 0) is 0 Å². The van der Waals surface area contributed by atoms with Crippen molar-refractivity contribution in [2.24, 2.45) is 16.2 Å². The first-order valence-electron chi connectivity index (χ1n) is 15.1. The predicted octanol–water partition coefficient (Wildman–Crippen LogP) is 9.84. The molecule has 182 valence electrons. The lowest BCUT2D eigenvalue weighted by Gasteiger charge is -2.54. The van der Waals surface area contributed by atoms with Crippen LogP contribution in [0, 0.1) is 23.1 Å². The molecule has 0 aliphatic heterocycles. The van der Waals surface area contributed by atoms with Crippen LogP contribution in [0.2, 0.25) is 0 Å². The summed E-state index contributed by atoms with van der Waals surface area (Å²) < 4.78 is 39.1. The van der Waals surface area contributed by atoms with Crippen LogP contribution in [0.3, 0.4) is 0 Å². The smallest absolute Gasteiger partial charge is 0.144 e. The van der Waals surface area contributed by atoms with Crippen molar-refractivity contribution < 1.29 is 9.90 Å². The molecular weight excluding hydrogens is 426 g/mol. The molecule has 2 aromatic carbocycles. The minimum Gasteiger partial charge on any atom is -0.455 e. The first kappa shape index (κ1) is 18.6. The first-order chi connectivity index (χ1) is 18.2. The average Bonchev–Trinajstić information content (AvgIpc) is 3.22. The summed E-state index contributed by atoms with van der Waals surface area (Å²) in [5.74, 6) is -0.620. The van der Waals surface area contributed by atoms with Crippen LogP contribution in [0.15, 0.2) is 59.1 Å². The lowest BCUT2D eigenvalue weighted by atomic mass is 9.51. The Morgan fingerprint density at radius 3 is 2.43 bits per heavy atom. The quantitative estimate of drug-likeness (QED) is 0.292. The third kappa shape index (κ3) is 4.20. The van der Waals surface area contributed by atoms with Crippen LogP contribution in [0.4, 0.5) is 0 Å². The van der Waals surface area contributed by atoms with E-state index in [-0.39, 0.29) is 5.56 Å². The number of hydrogen-bond donors (Lipinski definition) is 0. The van der Waals surface area contributed by atoms with Crippen molar-refractivity contribution in [3.05, 3.63) is 65.9 Å². The van der Waals surface area contributed by atoms with Crippen LogP contribution in [0.25, 0.3) is 33.2 Å². The van der Waals surface area contributed by atoms with Gasteiger partial charge in [0, 0.05) is 28.0 Å². The normalized spacial score (nSPS) is 24.6. The van der Waals surface area contributed by atoms with E-state index >= 15 is 0 Å². The van der Waals surface area contributed by atoms with Gasteiger partial charge in [0.05, 0.1) is 5.69 Å². The minimum atomic E-state index is -2.18. The Labute approximate surface area is 215 Å². The summed E-state index contributed by atoms with van der Waals surface area (Å²) in [6.45, 7) is 7.52. The molecule has 2 saturated carbocycles. The van der Waals surface area contributed by atoms with Gasteiger partial charge in [0.25, 0.3) is 0 Å². The Balaban J connectivity index is 1.33. The Kier molecular flexibility index (Phi) is 4.23. The van der Waals surface area contributed by atoms with Crippen molar-refractivity contribution >= 4 is 21.9 Å². The van der Waals surface area contributed by atoms with Gasteiger partial charge in [-0.3, -0.25) is 4.98 Å². The lowest BCUT2D eigenvalue weighted by molar-refractivity contribution is -0.0281. The maximum absolute atomic E-state index is 9.55. The number of nitrogens with zero attached hydrogens (tertiary/aromatic N) is 1.